The number of aryl methyl sites for hydroxylation is 1. The zero-order chi connectivity index (χ0) is 14.9. The number of pyridine rings is 1. The summed E-state index contributed by atoms with van der Waals surface area (Å²) in [4.78, 5) is 30.9. The van der Waals surface area contributed by atoms with E-state index in [2.05, 4.69) is 10.3 Å². The third-order valence-corrected chi connectivity index (χ3v) is 4.07. The second-order valence-electron chi connectivity index (χ2n) is 5.44. The summed E-state index contributed by atoms with van der Waals surface area (Å²) in [5.41, 5.74) is 0.823. The maximum absolute atomic E-state index is 12.8. The molecule has 1 saturated heterocycles. The zero-order valence-corrected chi connectivity index (χ0v) is 12.4. The number of carbonyl (C=O) groups excluding carboxylic acids is 2. The van der Waals surface area contributed by atoms with Crippen molar-refractivity contribution in [2.75, 3.05) is 4.90 Å². The summed E-state index contributed by atoms with van der Waals surface area (Å²) in [5.74, 6) is -0.165. The molecular weight excluding hydrogens is 254 g/mol. The Morgan fingerprint density at radius 3 is 2.65 bits per heavy atom. The fraction of sp³-hybridized carbons (Fsp3) is 0.533. The molecule has 0 aliphatic carbocycles. The second-order valence-corrected chi connectivity index (χ2v) is 5.44. The molecule has 1 aromatic rings. The van der Waals surface area contributed by atoms with Crippen LogP contribution in [0.2, 0.25) is 0 Å². The Hall–Kier alpha value is -1.91. The van der Waals surface area contributed by atoms with Crippen molar-refractivity contribution in [1.82, 2.24) is 10.3 Å². The first-order valence-corrected chi connectivity index (χ1v) is 7.01. The fourth-order valence-electron chi connectivity index (χ4n) is 2.53. The van der Waals surface area contributed by atoms with Gasteiger partial charge in [0.25, 0.3) is 5.91 Å². The van der Waals surface area contributed by atoms with Crippen molar-refractivity contribution in [2.24, 2.45) is 0 Å². The minimum atomic E-state index is -0.842. The number of piperazine rings is 1. The number of nitrogens with zero attached hydrogens (tertiary/aromatic N) is 2. The van der Waals surface area contributed by atoms with Gasteiger partial charge in [0.15, 0.2) is 0 Å². The number of hydrogen-bond donors (Lipinski definition) is 1. The van der Waals surface area contributed by atoms with Crippen LogP contribution >= 0.6 is 0 Å². The van der Waals surface area contributed by atoms with Gasteiger partial charge < -0.3 is 5.32 Å². The van der Waals surface area contributed by atoms with Crippen LogP contribution in [0.1, 0.15) is 39.2 Å². The summed E-state index contributed by atoms with van der Waals surface area (Å²) < 4.78 is 0. The third-order valence-electron chi connectivity index (χ3n) is 4.07. The van der Waals surface area contributed by atoms with E-state index < -0.39 is 11.6 Å². The molecule has 5 nitrogen and oxygen atoms in total. The summed E-state index contributed by atoms with van der Waals surface area (Å²) in [5, 5.41) is 2.86. The van der Waals surface area contributed by atoms with Crippen LogP contribution in [0, 0.1) is 6.92 Å². The minimum Gasteiger partial charge on any atom is -0.340 e. The Morgan fingerprint density at radius 2 is 2.10 bits per heavy atom. The summed E-state index contributed by atoms with van der Waals surface area (Å²) in [6.07, 6.45) is 4.48. The van der Waals surface area contributed by atoms with Gasteiger partial charge in [-0.1, -0.05) is 13.8 Å². The van der Waals surface area contributed by atoms with Crippen LogP contribution in [0.5, 0.6) is 0 Å². The highest BCUT2D eigenvalue weighted by molar-refractivity contribution is 6.10. The van der Waals surface area contributed by atoms with Gasteiger partial charge in [-0.05, 0) is 38.3 Å². The van der Waals surface area contributed by atoms with Gasteiger partial charge in [0.05, 0.1) is 11.9 Å². The lowest BCUT2D eigenvalue weighted by molar-refractivity contribution is -0.138. The highest BCUT2D eigenvalue weighted by atomic mass is 16.2. The molecular formula is C15H21N3O2. The Kier molecular flexibility index (Phi) is 3.79. The number of hydrogen-bond acceptors (Lipinski definition) is 3. The van der Waals surface area contributed by atoms with E-state index in [-0.39, 0.29) is 11.8 Å². The normalized spacial score (nSPS) is 26.6. The summed E-state index contributed by atoms with van der Waals surface area (Å²) in [7, 11) is 0. The average Bonchev–Trinajstić information content (AvgIpc) is 2.43. The van der Waals surface area contributed by atoms with Gasteiger partial charge in [-0.3, -0.25) is 19.5 Å². The number of aromatic nitrogens is 1. The second kappa shape index (κ2) is 5.23. The van der Waals surface area contributed by atoms with E-state index in [4.69, 9.17) is 0 Å². The quantitative estimate of drug-likeness (QED) is 0.915. The highest BCUT2D eigenvalue weighted by Gasteiger charge is 2.47. The molecule has 1 aliphatic rings. The molecule has 0 radical (unpaired) electrons. The van der Waals surface area contributed by atoms with Gasteiger partial charge in [0, 0.05) is 6.20 Å². The molecule has 0 bridgehead atoms. The maximum atomic E-state index is 12.8. The molecule has 5 heteroatoms. The molecule has 1 N–H and O–H groups in total. The molecule has 2 heterocycles. The number of anilines is 1. The molecule has 1 aliphatic heterocycles. The lowest BCUT2D eigenvalue weighted by Gasteiger charge is -2.44. The molecule has 2 rings (SSSR count). The smallest absolute Gasteiger partial charge is 0.253 e. The number of carbonyl (C=O) groups is 2. The molecule has 0 spiro atoms. The molecule has 1 aromatic heterocycles. The van der Waals surface area contributed by atoms with Crippen LogP contribution in [0.3, 0.4) is 0 Å². The van der Waals surface area contributed by atoms with Crippen molar-refractivity contribution in [1.29, 1.82) is 0 Å². The third kappa shape index (κ3) is 2.17. The van der Waals surface area contributed by atoms with E-state index in [1.165, 1.54) is 0 Å². The topological polar surface area (TPSA) is 62.3 Å². The molecule has 2 unspecified atom stereocenters. The lowest BCUT2D eigenvalue weighted by Crippen LogP contribution is -2.69. The predicted molar refractivity (Wildman–Crippen MR) is 77.4 cm³/mol. The number of amides is 2. The molecule has 0 aromatic carbocycles. The first-order chi connectivity index (χ1) is 9.44. The maximum Gasteiger partial charge on any atom is 0.253 e. The molecule has 1 fully saturated rings. The van der Waals surface area contributed by atoms with Crippen molar-refractivity contribution < 1.29 is 9.59 Å². The van der Waals surface area contributed by atoms with E-state index in [1.54, 1.807) is 24.2 Å². The first-order valence-electron chi connectivity index (χ1n) is 7.01. The Morgan fingerprint density at radius 1 is 1.40 bits per heavy atom. The van der Waals surface area contributed by atoms with E-state index >= 15 is 0 Å². The van der Waals surface area contributed by atoms with Gasteiger partial charge in [-0.15, -0.1) is 0 Å². The molecule has 2 amide bonds. The van der Waals surface area contributed by atoms with E-state index in [9.17, 15) is 9.59 Å². The molecule has 108 valence electrons. The fourth-order valence-corrected chi connectivity index (χ4v) is 2.53. The summed E-state index contributed by atoms with van der Waals surface area (Å²) in [6, 6.07) is 1.38. The van der Waals surface area contributed by atoms with Gasteiger partial charge in [0.2, 0.25) is 5.91 Å². The first kappa shape index (κ1) is 14.5. The monoisotopic (exact) mass is 275 g/mol. The minimum absolute atomic E-state index is 0.0671. The lowest BCUT2D eigenvalue weighted by atomic mass is 9.90. The summed E-state index contributed by atoms with van der Waals surface area (Å²) >= 11 is 0. The molecule has 20 heavy (non-hydrogen) atoms. The Bertz CT molecular complexity index is 544. The highest BCUT2D eigenvalue weighted by Crippen LogP contribution is 2.30. The Labute approximate surface area is 119 Å². The SMILES string of the molecule is CCC1C(=O)NC(C)(CC)C(=O)N1c1cnccc1C. The van der Waals surface area contributed by atoms with Crippen molar-refractivity contribution in [3.63, 3.8) is 0 Å². The van der Waals surface area contributed by atoms with Crippen LogP contribution in [-0.4, -0.2) is 28.4 Å². The van der Waals surface area contributed by atoms with Crippen molar-refractivity contribution in [3.05, 3.63) is 24.0 Å². The van der Waals surface area contributed by atoms with Crippen LogP contribution in [-0.2, 0) is 9.59 Å². The van der Waals surface area contributed by atoms with Crippen LogP contribution in [0.25, 0.3) is 0 Å². The number of rotatable bonds is 3. The average molecular weight is 275 g/mol. The van der Waals surface area contributed by atoms with Crippen LogP contribution in [0.4, 0.5) is 5.69 Å². The van der Waals surface area contributed by atoms with Crippen molar-refractivity contribution in [3.8, 4) is 0 Å². The van der Waals surface area contributed by atoms with Gasteiger partial charge in [-0.25, -0.2) is 0 Å². The van der Waals surface area contributed by atoms with Crippen LogP contribution in [0.15, 0.2) is 18.5 Å². The predicted octanol–water partition coefficient (Wildman–Crippen LogP) is 1.80. The largest absolute Gasteiger partial charge is 0.340 e. The van der Waals surface area contributed by atoms with Crippen LogP contribution < -0.4 is 10.2 Å². The molecule has 0 saturated carbocycles. The van der Waals surface area contributed by atoms with Gasteiger partial charge in [-0.2, -0.15) is 0 Å². The van der Waals surface area contributed by atoms with E-state index in [1.807, 2.05) is 26.8 Å². The molecule has 2 atom stereocenters. The van der Waals surface area contributed by atoms with Crippen molar-refractivity contribution >= 4 is 17.5 Å². The number of nitrogens with one attached hydrogen (secondary N) is 1. The van der Waals surface area contributed by atoms with E-state index in [0.717, 1.165) is 11.3 Å². The zero-order valence-electron chi connectivity index (χ0n) is 12.4. The standard InChI is InChI=1S/C15H21N3O2/c1-5-11-13(19)17-15(4,6-2)14(20)18(11)12-9-16-8-7-10(12)3/h7-9,11H,5-6H2,1-4H3,(H,17,19). The van der Waals surface area contributed by atoms with Gasteiger partial charge >= 0.3 is 0 Å². The van der Waals surface area contributed by atoms with E-state index in [0.29, 0.717) is 12.8 Å². The summed E-state index contributed by atoms with van der Waals surface area (Å²) in [6.45, 7) is 7.51. The van der Waals surface area contributed by atoms with Crippen molar-refractivity contribution in [2.45, 2.75) is 52.1 Å². The van der Waals surface area contributed by atoms with Gasteiger partial charge in [0.1, 0.15) is 11.6 Å². The Balaban J connectivity index is 2.53.